The van der Waals surface area contributed by atoms with Crippen molar-refractivity contribution in [2.75, 3.05) is 33.9 Å². The van der Waals surface area contributed by atoms with Crippen LogP contribution in [0, 0.1) is 11.8 Å². The molecule has 0 radical (unpaired) electrons. The summed E-state index contributed by atoms with van der Waals surface area (Å²) in [6.45, 7) is 4.21. The van der Waals surface area contributed by atoms with E-state index in [0.29, 0.717) is 24.6 Å². The van der Waals surface area contributed by atoms with E-state index >= 15 is 0 Å². The summed E-state index contributed by atoms with van der Waals surface area (Å²) >= 11 is 0. The lowest BCUT2D eigenvalue weighted by molar-refractivity contribution is -0.204. The summed E-state index contributed by atoms with van der Waals surface area (Å²) < 4.78 is 10.6. The Balaban J connectivity index is 1.38. The molecule has 2 aliphatic heterocycles. The maximum Gasteiger partial charge on any atom is 0.279 e. The van der Waals surface area contributed by atoms with E-state index in [1.807, 2.05) is 24.3 Å². The van der Waals surface area contributed by atoms with Crippen LogP contribution < -0.4 is 16.1 Å². The molecule has 0 aliphatic carbocycles. The maximum atomic E-state index is 13.3. The van der Waals surface area contributed by atoms with Crippen LogP contribution in [-0.4, -0.2) is 74.4 Å². The van der Waals surface area contributed by atoms with Crippen molar-refractivity contribution in [2.24, 2.45) is 0 Å². The highest BCUT2D eigenvalue weighted by molar-refractivity contribution is 6.12. The van der Waals surface area contributed by atoms with Gasteiger partial charge < -0.3 is 25.0 Å². The predicted octanol–water partition coefficient (Wildman–Crippen LogP) is 1.73. The van der Waals surface area contributed by atoms with Gasteiger partial charge in [-0.15, -0.1) is 0 Å². The van der Waals surface area contributed by atoms with Crippen LogP contribution in [0.2, 0.25) is 0 Å². The Kier molecular flexibility index (Phi) is 9.90. The average molecular weight is 549 g/mol. The Labute approximate surface area is 234 Å². The second-order valence-electron chi connectivity index (χ2n) is 10.0. The molecule has 0 aromatic heterocycles. The fourth-order valence-electron chi connectivity index (χ4n) is 4.23. The third kappa shape index (κ3) is 7.06. The number of benzene rings is 2. The first-order chi connectivity index (χ1) is 19.3. The first-order valence-corrected chi connectivity index (χ1v) is 13.4. The van der Waals surface area contributed by atoms with E-state index in [4.69, 9.17) is 14.3 Å². The van der Waals surface area contributed by atoms with Gasteiger partial charge in [0.2, 0.25) is 0 Å². The van der Waals surface area contributed by atoms with Crippen molar-refractivity contribution < 1.29 is 28.7 Å². The molecule has 4 rings (SSSR count). The van der Waals surface area contributed by atoms with Gasteiger partial charge in [-0.05, 0) is 61.7 Å². The maximum absolute atomic E-state index is 13.3. The molecule has 40 heavy (non-hydrogen) atoms. The SMILES string of the molecule is CNC(=O)[C@@](C)(C(=O)NOC1CCCCO1)N(C)C(=O)c1ccc(C#Cc2ccc(CNC3COC3)cc2)cc1. The quantitative estimate of drug-likeness (QED) is 0.248. The summed E-state index contributed by atoms with van der Waals surface area (Å²) in [5.74, 6) is 4.29. The van der Waals surface area contributed by atoms with Crippen molar-refractivity contribution in [3.63, 3.8) is 0 Å². The number of hydrogen-bond acceptors (Lipinski definition) is 7. The summed E-state index contributed by atoms with van der Waals surface area (Å²) in [6, 6.07) is 15.2. The van der Waals surface area contributed by atoms with Gasteiger partial charge in [-0.3, -0.25) is 14.4 Å². The molecule has 2 aromatic rings. The zero-order valence-electron chi connectivity index (χ0n) is 23.1. The molecule has 0 saturated carbocycles. The van der Waals surface area contributed by atoms with E-state index in [1.165, 1.54) is 26.6 Å². The summed E-state index contributed by atoms with van der Waals surface area (Å²) in [7, 11) is 2.81. The molecule has 3 N–H and O–H groups in total. The molecule has 0 bridgehead atoms. The van der Waals surface area contributed by atoms with Gasteiger partial charge in [0, 0.05) is 50.4 Å². The monoisotopic (exact) mass is 548 g/mol. The van der Waals surface area contributed by atoms with Gasteiger partial charge in [0.25, 0.3) is 17.7 Å². The molecule has 2 fully saturated rings. The van der Waals surface area contributed by atoms with Crippen molar-refractivity contribution in [3.8, 4) is 11.8 Å². The van der Waals surface area contributed by atoms with Crippen LogP contribution in [0.4, 0.5) is 0 Å². The minimum Gasteiger partial charge on any atom is -0.378 e. The number of ether oxygens (including phenoxy) is 2. The zero-order chi connectivity index (χ0) is 28.5. The van der Waals surface area contributed by atoms with E-state index in [2.05, 4.69) is 28.0 Å². The Morgan fingerprint density at radius 1 is 1.00 bits per heavy atom. The van der Waals surface area contributed by atoms with E-state index < -0.39 is 29.6 Å². The van der Waals surface area contributed by atoms with Gasteiger partial charge in [-0.2, -0.15) is 0 Å². The highest BCUT2D eigenvalue weighted by Crippen LogP contribution is 2.20. The van der Waals surface area contributed by atoms with Crippen LogP contribution in [0.5, 0.6) is 0 Å². The lowest BCUT2D eigenvalue weighted by atomic mass is 9.96. The Bertz CT molecular complexity index is 1240. The number of nitrogens with one attached hydrogen (secondary N) is 3. The highest BCUT2D eigenvalue weighted by atomic mass is 16.8. The van der Waals surface area contributed by atoms with Crippen molar-refractivity contribution in [2.45, 2.75) is 50.6 Å². The van der Waals surface area contributed by atoms with Crippen molar-refractivity contribution in [3.05, 3.63) is 70.8 Å². The topological polar surface area (TPSA) is 118 Å². The van der Waals surface area contributed by atoms with Crippen LogP contribution in [-0.2, 0) is 30.4 Å². The van der Waals surface area contributed by atoms with Crippen LogP contribution in [0.15, 0.2) is 48.5 Å². The molecule has 10 nitrogen and oxygen atoms in total. The molecule has 0 spiro atoms. The van der Waals surface area contributed by atoms with Crippen LogP contribution in [0.1, 0.15) is 53.2 Å². The number of hydroxylamine groups is 1. The first kappa shape index (κ1) is 29.2. The van der Waals surface area contributed by atoms with Gasteiger partial charge in [0.15, 0.2) is 11.8 Å². The molecule has 2 heterocycles. The fourth-order valence-corrected chi connectivity index (χ4v) is 4.23. The molecule has 2 atom stereocenters. The summed E-state index contributed by atoms with van der Waals surface area (Å²) in [5, 5.41) is 5.90. The number of rotatable bonds is 9. The molecule has 2 aliphatic rings. The summed E-state index contributed by atoms with van der Waals surface area (Å²) in [6.07, 6.45) is 1.87. The normalized spacial score (nSPS) is 18.3. The van der Waals surface area contributed by atoms with E-state index in [9.17, 15) is 14.4 Å². The molecule has 2 saturated heterocycles. The minimum absolute atomic E-state index is 0.307. The Hall–Kier alpha value is -3.75. The van der Waals surface area contributed by atoms with Crippen molar-refractivity contribution >= 4 is 17.7 Å². The number of carbonyl (C=O) groups excluding carboxylic acids is 3. The number of amides is 3. The number of nitrogens with zero attached hydrogens (tertiary/aromatic N) is 1. The lowest BCUT2D eigenvalue weighted by Gasteiger charge is -2.36. The molecular formula is C30H36N4O6. The standard InChI is InChI=1S/C30H36N4O6/c1-30(28(36)31-2,29(37)33-40-26-6-4-5-17-39-26)34(3)27(35)24-15-13-22(14-16-24)8-7-21-9-11-23(12-10-21)18-32-25-19-38-20-25/h9-16,25-26,32H,4-6,17-20H2,1-3H3,(H,31,36)(H,33,37)/t26?,30-/m0/s1. The smallest absolute Gasteiger partial charge is 0.279 e. The third-order valence-corrected chi connectivity index (χ3v) is 7.18. The van der Waals surface area contributed by atoms with Gasteiger partial charge in [-0.1, -0.05) is 24.0 Å². The predicted molar refractivity (Wildman–Crippen MR) is 148 cm³/mol. The van der Waals surface area contributed by atoms with Crippen molar-refractivity contribution in [1.29, 1.82) is 0 Å². The molecule has 10 heteroatoms. The van der Waals surface area contributed by atoms with Crippen LogP contribution >= 0.6 is 0 Å². The minimum atomic E-state index is -1.87. The van der Waals surface area contributed by atoms with E-state index in [1.54, 1.807) is 24.3 Å². The molecule has 1 unspecified atom stereocenters. The third-order valence-electron chi connectivity index (χ3n) is 7.18. The van der Waals surface area contributed by atoms with Crippen LogP contribution in [0.3, 0.4) is 0 Å². The Morgan fingerprint density at radius 3 is 2.20 bits per heavy atom. The largest absolute Gasteiger partial charge is 0.378 e. The summed E-state index contributed by atoms with van der Waals surface area (Å²) in [5.41, 5.74) is 3.53. The van der Waals surface area contributed by atoms with Crippen molar-refractivity contribution in [1.82, 2.24) is 21.0 Å². The Morgan fingerprint density at radius 2 is 1.65 bits per heavy atom. The van der Waals surface area contributed by atoms with Crippen LogP contribution in [0.25, 0.3) is 0 Å². The molecule has 3 amide bonds. The van der Waals surface area contributed by atoms with E-state index in [0.717, 1.165) is 48.6 Å². The van der Waals surface area contributed by atoms with Gasteiger partial charge in [-0.25, -0.2) is 10.3 Å². The van der Waals surface area contributed by atoms with E-state index in [-0.39, 0.29) is 0 Å². The molecular weight excluding hydrogens is 512 g/mol. The second-order valence-corrected chi connectivity index (χ2v) is 10.0. The number of likely N-dealkylation sites (N-methyl/N-ethyl adjacent to an activating group) is 2. The summed E-state index contributed by atoms with van der Waals surface area (Å²) in [4.78, 5) is 45.7. The molecule has 212 valence electrons. The molecule has 2 aromatic carbocycles. The highest BCUT2D eigenvalue weighted by Gasteiger charge is 2.47. The first-order valence-electron chi connectivity index (χ1n) is 13.4. The lowest BCUT2D eigenvalue weighted by Crippen LogP contribution is -2.65. The number of hydrogen-bond donors (Lipinski definition) is 3. The zero-order valence-corrected chi connectivity index (χ0v) is 23.1. The van der Waals surface area contributed by atoms with Gasteiger partial charge in [0.05, 0.1) is 19.3 Å². The van der Waals surface area contributed by atoms with Gasteiger partial charge in [0.1, 0.15) is 0 Å². The fraction of sp³-hybridized carbons (Fsp3) is 0.433. The number of carbonyl (C=O) groups is 3. The average Bonchev–Trinajstić information content (AvgIpc) is 2.97. The van der Waals surface area contributed by atoms with Gasteiger partial charge >= 0.3 is 0 Å². The second kappa shape index (κ2) is 13.5.